The molecule has 150 valence electrons. The molecule has 1 aliphatic rings. The van der Waals surface area contributed by atoms with Crippen LogP contribution in [-0.2, 0) is 0 Å². The van der Waals surface area contributed by atoms with Crippen molar-refractivity contribution in [3.05, 3.63) is 59.1 Å². The van der Waals surface area contributed by atoms with Gasteiger partial charge >= 0.3 is 0 Å². The first kappa shape index (κ1) is 19.6. The van der Waals surface area contributed by atoms with Gasteiger partial charge in [-0.2, -0.15) is 0 Å². The standard InChI is InChI=1S/C24H26BrN3O/c1-2-3-4-5-12-28-21-11-10-18(26)14-22(21)29-23-15-19(27)13-20(24(23)28)16-6-8-17(25)9-7-16/h6-11,13-15H,2-5,12,26-27H2,1H3. The molecule has 1 aliphatic heterocycles. The number of nitrogen functional groups attached to an aromatic ring is 2. The maximum absolute atomic E-state index is 6.27. The van der Waals surface area contributed by atoms with E-state index in [1.54, 1.807) is 0 Å². The van der Waals surface area contributed by atoms with Gasteiger partial charge < -0.3 is 21.1 Å². The van der Waals surface area contributed by atoms with Crippen LogP contribution < -0.4 is 21.1 Å². The van der Waals surface area contributed by atoms with Crippen molar-refractivity contribution in [1.82, 2.24) is 0 Å². The topological polar surface area (TPSA) is 64.5 Å². The van der Waals surface area contributed by atoms with Crippen molar-refractivity contribution in [2.24, 2.45) is 0 Å². The van der Waals surface area contributed by atoms with Crippen LogP contribution in [0.15, 0.2) is 59.1 Å². The van der Waals surface area contributed by atoms with Gasteiger partial charge in [0.1, 0.15) is 0 Å². The predicted octanol–water partition coefficient (Wildman–Crippen LogP) is 7.10. The van der Waals surface area contributed by atoms with E-state index < -0.39 is 0 Å². The summed E-state index contributed by atoms with van der Waals surface area (Å²) in [5.74, 6) is 1.55. The molecular weight excluding hydrogens is 426 g/mol. The lowest BCUT2D eigenvalue weighted by Gasteiger charge is -2.35. The first-order valence-electron chi connectivity index (χ1n) is 10.1. The fraction of sp³-hybridized carbons (Fsp3) is 0.250. The molecule has 4 N–H and O–H groups in total. The van der Waals surface area contributed by atoms with Crippen LogP contribution in [0.3, 0.4) is 0 Å². The summed E-state index contributed by atoms with van der Waals surface area (Å²) in [7, 11) is 0. The predicted molar refractivity (Wildman–Crippen MR) is 126 cm³/mol. The van der Waals surface area contributed by atoms with Crippen LogP contribution in [0.2, 0.25) is 0 Å². The Morgan fingerprint density at radius 3 is 2.38 bits per heavy atom. The molecule has 0 saturated carbocycles. The average Bonchev–Trinajstić information content (AvgIpc) is 2.70. The average molecular weight is 452 g/mol. The second kappa shape index (κ2) is 8.37. The summed E-state index contributed by atoms with van der Waals surface area (Å²) in [4.78, 5) is 2.36. The van der Waals surface area contributed by atoms with Crippen LogP contribution in [0.5, 0.6) is 11.5 Å². The number of benzene rings is 3. The molecule has 0 bridgehead atoms. The number of ether oxygens (including phenoxy) is 1. The number of hydrogen-bond acceptors (Lipinski definition) is 4. The van der Waals surface area contributed by atoms with Gasteiger partial charge in [-0.3, -0.25) is 0 Å². The van der Waals surface area contributed by atoms with Gasteiger partial charge in [-0.25, -0.2) is 0 Å². The van der Waals surface area contributed by atoms with Crippen LogP contribution in [0.4, 0.5) is 22.7 Å². The number of unbranched alkanes of at least 4 members (excludes halogenated alkanes) is 3. The Bertz CT molecular complexity index is 1020. The molecule has 29 heavy (non-hydrogen) atoms. The third kappa shape index (κ3) is 4.06. The van der Waals surface area contributed by atoms with Crippen LogP contribution in [0.1, 0.15) is 32.6 Å². The monoisotopic (exact) mass is 451 g/mol. The molecule has 0 unspecified atom stereocenters. The highest BCUT2D eigenvalue weighted by Gasteiger charge is 2.28. The second-order valence-corrected chi connectivity index (χ2v) is 8.38. The number of halogens is 1. The zero-order valence-electron chi connectivity index (χ0n) is 16.6. The molecule has 0 aliphatic carbocycles. The fourth-order valence-electron chi connectivity index (χ4n) is 3.84. The lowest BCUT2D eigenvalue weighted by Crippen LogP contribution is -2.23. The van der Waals surface area contributed by atoms with Gasteiger partial charge in [-0.1, -0.05) is 54.2 Å². The van der Waals surface area contributed by atoms with Gasteiger partial charge in [-0.05, 0) is 42.3 Å². The summed E-state index contributed by atoms with van der Waals surface area (Å²) in [5.41, 5.74) is 17.9. The molecule has 0 aromatic heterocycles. The summed E-state index contributed by atoms with van der Waals surface area (Å²) >= 11 is 3.52. The molecule has 4 rings (SSSR count). The van der Waals surface area contributed by atoms with Crippen LogP contribution >= 0.6 is 15.9 Å². The number of nitrogens with two attached hydrogens (primary N) is 2. The van der Waals surface area contributed by atoms with Crippen LogP contribution in [-0.4, -0.2) is 6.54 Å². The normalized spacial score (nSPS) is 12.3. The van der Waals surface area contributed by atoms with E-state index in [2.05, 4.69) is 58.1 Å². The van der Waals surface area contributed by atoms with E-state index in [1.807, 2.05) is 24.3 Å². The van der Waals surface area contributed by atoms with Crippen molar-refractivity contribution in [2.45, 2.75) is 32.6 Å². The highest BCUT2D eigenvalue weighted by atomic mass is 79.9. The molecule has 5 heteroatoms. The number of nitrogens with zero attached hydrogens (tertiary/aromatic N) is 1. The maximum Gasteiger partial charge on any atom is 0.153 e. The quantitative estimate of drug-likeness (QED) is 0.309. The third-order valence-corrected chi connectivity index (χ3v) is 5.78. The second-order valence-electron chi connectivity index (χ2n) is 7.46. The minimum absolute atomic E-state index is 0.681. The van der Waals surface area contributed by atoms with E-state index in [-0.39, 0.29) is 0 Å². The van der Waals surface area contributed by atoms with Crippen molar-refractivity contribution in [3.63, 3.8) is 0 Å². The van der Waals surface area contributed by atoms with Gasteiger partial charge in [-0.15, -0.1) is 0 Å². The Labute approximate surface area is 180 Å². The van der Waals surface area contributed by atoms with E-state index in [0.29, 0.717) is 11.4 Å². The van der Waals surface area contributed by atoms with Crippen LogP contribution in [0, 0.1) is 0 Å². The minimum atomic E-state index is 0.681. The summed E-state index contributed by atoms with van der Waals surface area (Å²) in [6, 6.07) is 18.1. The molecular formula is C24H26BrN3O. The molecule has 3 aromatic carbocycles. The molecule has 0 fully saturated rings. The largest absolute Gasteiger partial charge is 0.453 e. The van der Waals surface area contributed by atoms with Crippen molar-refractivity contribution in [1.29, 1.82) is 0 Å². The Morgan fingerprint density at radius 1 is 0.862 bits per heavy atom. The molecule has 0 amide bonds. The first-order valence-corrected chi connectivity index (χ1v) is 10.9. The molecule has 0 radical (unpaired) electrons. The Kier molecular flexibility index (Phi) is 5.67. The number of hydrogen-bond donors (Lipinski definition) is 2. The van der Waals surface area contributed by atoms with Crippen molar-refractivity contribution in [3.8, 4) is 22.6 Å². The van der Waals surface area contributed by atoms with Crippen molar-refractivity contribution in [2.75, 3.05) is 22.9 Å². The first-order chi connectivity index (χ1) is 14.1. The smallest absolute Gasteiger partial charge is 0.153 e. The van der Waals surface area contributed by atoms with E-state index in [0.717, 1.165) is 51.4 Å². The van der Waals surface area contributed by atoms with Crippen molar-refractivity contribution >= 4 is 38.7 Å². The fourth-order valence-corrected chi connectivity index (χ4v) is 4.10. The summed E-state index contributed by atoms with van der Waals surface area (Å²) in [6.07, 6.45) is 4.78. The van der Waals surface area contributed by atoms with E-state index >= 15 is 0 Å². The zero-order valence-corrected chi connectivity index (χ0v) is 18.2. The number of rotatable bonds is 6. The van der Waals surface area contributed by atoms with E-state index in [1.165, 1.54) is 19.3 Å². The Hall–Kier alpha value is -2.66. The maximum atomic E-state index is 6.27. The zero-order chi connectivity index (χ0) is 20.4. The van der Waals surface area contributed by atoms with Gasteiger partial charge in [0.25, 0.3) is 0 Å². The molecule has 0 saturated heterocycles. The van der Waals surface area contributed by atoms with E-state index in [9.17, 15) is 0 Å². The van der Waals surface area contributed by atoms with Gasteiger partial charge in [0.05, 0.1) is 11.4 Å². The molecule has 0 atom stereocenters. The Balaban J connectivity index is 1.83. The highest BCUT2D eigenvalue weighted by molar-refractivity contribution is 9.10. The minimum Gasteiger partial charge on any atom is -0.453 e. The molecule has 0 spiro atoms. The summed E-state index contributed by atoms with van der Waals surface area (Å²) < 4.78 is 7.32. The van der Waals surface area contributed by atoms with Crippen molar-refractivity contribution < 1.29 is 4.74 Å². The summed E-state index contributed by atoms with van der Waals surface area (Å²) in [5, 5.41) is 0. The highest BCUT2D eigenvalue weighted by Crippen LogP contribution is 2.52. The van der Waals surface area contributed by atoms with Gasteiger partial charge in [0.15, 0.2) is 11.5 Å². The lowest BCUT2D eigenvalue weighted by molar-refractivity contribution is 0.473. The number of anilines is 4. The van der Waals surface area contributed by atoms with E-state index in [4.69, 9.17) is 16.2 Å². The molecule has 4 nitrogen and oxygen atoms in total. The van der Waals surface area contributed by atoms with Gasteiger partial charge in [0, 0.05) is 40.1 Å². The van der Waals surface area contributed by atoms with Gasteiger partial charge in [0.2, 0.25) is 0 Å². The number of fused-ring (bicyclic) bond motifs is 2. The molecule has 1 heterocycles. The summed E-state index contributed by atoms with van der Waals surface area (Å²) in [6.45, 7) is 3.15. The Morgan fingerprint density at radius 2 is 1.62 bits per heavy atom. The SMILES string of the molecule is CCCCCCN1c2ccc(N)cc2Oc2cc(N)cc(-c3ccc(Br)cc3)c21. The third-order valence-electron chi connectivity index (χ3n) is 5.25. The lowest BCUT2D eigenvalue weighted by atomic mass is 9.99. The molecule has 3 aromatic rings. The van der Waals surface area contributed by atoms with Crippen LogP contribution in [0.25, 0.3) is 11.1 Å².